The number of nitrogens with zero attached hydrogens (tertiary/aromatic N) is 1. The molecule has 1 aromatic carbocycles. The monoisotopic (exact) mass is 314 g/mol. The van der Waals surface area contributed by atoms with E-state index in [0.717, 1.165) is 10.9 Å². The molecule has 23 heavy (non-hydrogen) atoms. The number of para-hydroxylation sites is 1. The van der Waals surface area contributed by atoms with Gasteiger partial charge in [0.2, 0.25) is 11.7 Å². The number of rotatable bonds is 4. The van der Waals surface area contributed by atoms with Crippen molar-refractivity contribution in [3.05, 3.63) is 36.0 Å². The number of carbonyl (C=O) groups is 3. The highest BCUT2D eigenvalue weighted by Crippen LogP contribution is 2.22. The second kappa shape index (κ2) is 5.87. The summed E-state index contributed by atoms with van der Waals surface area (Å²) < 4.78 is 5.28. The predicted octanol–water partition coefficient (Wildman–Crippen LogP) is 1.76. The molecule has 0 aliphatic carbocycles. The van der Waals surface area contributed by atoms with E-state index in [0.29, 0.717) is 12.1 Å². The van der Waals surface area contributed by atoms with E-state index in [2.05, 4.69) is 4.98 Å². The lowest BCUT2D eigenvalue weighted by molar-refractivity contribution is -0.151. The van der Waals surface area contributed by atoms with Crippen LogP contribution in [0.25, 0.3) is 10.9 Å². The fourth-order valence-electron chi connectivity index (χ4n) is 2.84. The van der Waals surface area contributed by atoms with E-state index in [9.17, 15) is 14.4 Å². The zero-order valence-corrected chi connectivity index (χ0v) is 13.0. The number of aromatic nitrogens is 1. The van der Waals surface area contributed by atoms with Gasteiger partial charge in [0.15, 0.2) is 6.10 Å². The maximum absolute atomic E-state index is 12.5. The normalized spacial score (nSPS) is 19.1. The number of Topliss-reactive ketones (excluding diaryl/α,β-unsaturated/α-hetero) is 1. The van der Waals surface area contributed by atoms with Gasteiger partial charge in [-0.1, -0.05) is 18.2 Å². The number of benzene rings is 1. The van der Waals surface area contributed by atoms with Gasteiger partial charge >= 0.3 is 5.97 Å². The number of ketones is 1. The number of amides is 1. The zero-order valence-electron chi connectivity index (χ0n) is 13.0. The van der Waals surface area contributed by atoms with Gasteiger partial charge in [-0.05, 0) is 13.0 Å². The summed E-state index contributed by atoms with van der Waals surface area (Å²) >= 11 is 0. The summed E-state index contributed by atoms with van der Waals surface area (Å²) in [6.45, 7) is 1.90. The Morgan fingerprint density at radius 1 is 1.35 bits per heavy atom. The summed E-state index contributed by atoms with van der Waals surface area (Å²) in [7, 11) is 1.65. The molecule has 6 nitrogen and oxygen atoms in total. The van der Waals surface area contributed by atoms with Gasteiger partial charge < -0.3 is 14.6 Å². The number of fused-ring (bicyclic) bond motifs is 1. The number of hydrogen-bond donors (Lipinski definition) is 1. The SMILES string of the molecule is C[C@@H](OC(=O)[C@H]1CC(=O)N(C)C1)C(=O)c1c[nH]c2ccccc12. The van der Waals surface area contributed by atoms with E-state index < -0.39 is 18.0 Å². The number of nitrogens with one attached hydrogen (secondary N) is 1. The van der Waals surface area contributed by atoms with Crippen molar-refractivity contribution in [1.82, 2.24) is 9.88 Å². The molecular weight excluding hydrogens is 296 g/mol. The maximum Gasteiger partial charge on any atom is 0.311 e. The molecule has 1 saturated heterocycles. The molecule has 2 atom stereocenters. The Morgan fingerprint density at radius 3 is 2.78 bits per heavy atom. The minimum atomic E-state index is -0.886. The van der Waals surface area contributed by atoms with E-state index in [1.165, 1.54) is 4.90 Å². The van der Waals surface area contributed by atoms with Crippen molar-refractivity contribution in [2.24, 2.45) is 5.92 Å². The topological polar surface area (TPSA) is 79.5 Å². The van der Waals surface area contributed by atoms with Crippen molar-refractivity contribution < 1.29 is 19.1 Å². The molecule has 120 valence electrons. The quantitative estimate of drug-likeness (QED) is 0.689. The van der Waals surface area contributed by atoms with Crippen LogP contribution in [0.15, 0.2) is 30.5 Å². The van der Waals surface area contributed by atoms with Crippen molar-refractivity contribution in [1.29, 1.82) is 0 Å². The lowest BCUT2D eigenvalue weighted by Crippen LogP contribution is -2.29. The summed E-state index contributed by atoms with van der Waals surface area (Å²) in [5, 5.41) is 0.802. The van der Waals surface area contributed by atoms with E-state index >= 15 is 0 Å². The van der Waals surface area contributed by atoms with Gasteiger partial charge in [0, 0.05) is 42.7 Å². The number of hydrogen-bond acceptors (Lipinski definition) is 4. The van der Waals surface area contributed by atoms with Crippen LogP contribution in [0.3, 0.4) is 0 Å². The number of carbonyl (C=O) groups excluding carboxylic acids is 3. The number of esters is 1. The fraction of sp³-hybridized carbons (Fsp3) is 0.353. The van der Waals surface area contributed by atoms with Gasteiger partial charge in [-0.3, -0.25) is 14.4 Å². The highest BCUT2D eigenvalue weighted by Gasteiger charge is 2.35. The smallest absolute Gasteiger partial charge is 0.311 e. The molecule has 1 aliphatic heterocycles. The first-order chi connectivity index (χ1) is 11.0. The van der Waals surface area contributed by atoms with Crippen LogP contribution in [-0.2, 0) is 14.3 Å². The maximum atomic E-state index is 12.5. The molecule has 1 fully saturated rings. The molecule has 2 aromatic rings. The lowest BCUT2D eigenvalue weighted by Gasteiger charge is -2.15. The van der Waals surface area contributed by atoms with Gasteiger partial charge in [0.1, 0.15) is 0 Å². The van der Waals surface area contributed by atoms with Crippen LogP contribution in [0, 0.1) is 5.92 Å². The molecular formula is C17H18N2O4. The number of ether oxygens (including phenoxy) is 1. The van der Waals surface area contributed by atoms with E-state index in [-0.39, 0.29) is 18.1 Å². The summed E-state index contributed by atoms with van der Waals surface area (Å²) in [5.41, 5.74) is 1.36. The van der Waals surface area contributed by atoms with Crippen molar-refractivity contribution >= 4 is 28.6 Å². The van der Waals surface area contributed by atoms with Crippen molar-refractivity contribution in [3.63, 3.8) is 0 Å². The third-order valence-electron chi connectivity index (χ3n) is 4.19. The summed E-state index contributed by atoms with van der Waals surface area (Å²) in [6.07, 6.45) is 0.885. The molecule has 0 saturated carbocycles. The van der Waals surface area contributed by atoms with E-state index in [4.69, 9.17) is 4.74 Å². The zero-order chi connectivity index (χ0) is 16.6. The van der Waals surface area contributed by atoms with Crippen LogP contribution >= 0.6 is 0 Å². The third kappa shape index (κ3) is 2.84. The van der Waals surface area contributed by atoms with Gasteiger partial charge in [-0.15, -0.1) is 0 Å². The second-order valence-corrected chi connectivity index (χ2v) is 5.87. The Labute approximate surface area is 133 Å². The third-order valence-corrected chi connectivity index (χ3v) is 4.19. The molecule has 1 N–H and O–H groups in total. The largest absolute Gasteiger partial charge is 0.454 e. The highest BCUT2D eigenvalue weighted by molar-refractivity contribution is 6.10. The first-order valence-electron chi connectivity index (χ1n) is 7.52. The minimum absolute atomic E-state index is 0.0810. The van der Waals surface area contributed by atoms with Crippen LogP contribution in [0.2, 0.25) is 0 Å². The van der Waals surface area contributed by atoms with E-state index in [1.807, 2.05) is 24.3 Å². The first kappa shape index (κ1) is 15.3. The van der Waals surface area contributed by atoms with Gasteiger partial charge in [-0.2, -0.15) is 0 Å². The van der Waals surface area contributed by atoms with Crippen LogP contribution in [0.5, 0.6) is 0 Å². The molecule has 1 aliphatic rings. The molecule has 2 heterocycles. The Bertz CT molecular complexity index is 780. The molecule has 1 amide bonds. The summed E-state index contributed by atoms with van der Waals surface area (Å²) in [4.78, 5) is 40.7. The molecule has 0 radical (unpaired) electrons. The van der Waals surface area contributed by atoms with Gasteiger partial charge in [-0.25, -0.2) is 0 Å². The Hall–Kier alpha value is -2.63. The van der Waals surface area contributed by atoms with Crippen molar-refractivity contribution in [3.8, 4) is 0 Å². The number of aromatic amines is 1. The van der Waals surface area contributed by atoms with Crippen LogP contribution < -0.4 is 0 Å². The standard InChI is InChI=1S/C17H18N2O4/c1-10(23-17(22)11-7-15(20)19(2)9-11)16(21)13-8-18-14-6-4-3-5-12(13)14/h3-6,8,10-11,18H,7,9H2,1-2H3/t10-,11+/m1/s1. The van der Waals surface area contributed by atoms with Crippen molar-refractivity contribution in [2.45, 2.75) is 19.4 Å². The Balaban J connectivity index is 1.70. The predicted molar refractivity (Wildman–Crippen MR) is 83.9 cm³/mol. The fourth-order valence-corrected chi connectivity index (χ4v) is 2.84. The molecule has 0 spiro atoms. The molecule has 0 unspecified atom stereocenters. The second-order valence-electron chi connectivity index (χ2n) is 5.87. The lowest BCUT2D eigenvalue weighted by atomic mass is 10.1. The van der Waals surface area contributed by atoms with Gasteiger partial charge in [0.05, 0.1) is 5.92 Å². The van der Waals surface area contributed by atoms with Crippen LogP contribution in [0.1, 0.15) is 23.7 Å². The molecule has 1 aromatic heterocycles. The van der Waals surface area contributed by atoms with Crippen LogP contribution in [-0.4, -0.2) is 47.2 Å². The Kier molecular flexibility index (Phi) is 3.90. The highest BCUT2D eigenvalue weighted by atomic mass is 16.5. The van der Waals surface area contributed by atoms with Crippen molar-refractivity contribution in [2.75, 3.05) is 13.6 Å². The molecule has 3 rings (SSSR count). The average Bonchev–Trinajstić information content (AvgIpc) is 3.10. The summed E-state index contributed by atoms with van der Waals surface area (Å²) in [6, 6.07) is 7.45. The summed E-state index contributed by atoms with van der Waals surface area (Å²) in [5.74, 6) is -1.33. The molecule has 0 bridgehead atoms. The van der Waals surface area contributed by atoms with E-state index in [1.54, 1.807) is 20.2 Å². The minimum Gasteiger partial charge on any atom is -0.454 e. The Morgan fingerprint density at radius 2 is 2.09 bits per heavy atom. The van der Waals surface area contributed by atoms with Crippen LogP contribution in [0.4, 0.5) is 0 Å². The first-order valence-corrected chi connectivity index (χ1v) is 7.52. The van der Waals surface area contributed by atoms with Gasteiger partial charge in [0.25, 0.3) is 0 Å². The molecule has 6 heteroatoms. The number of likely N-dealkylation sites (tertiary alicyclic amines) is 1. The average molecular weight is 314 g/mol. The number of H-pyrrole nitrogens is 1.